The molecule has 1 aromatic carbocycles. The summed E-state index contributed by atoms with van der Waals surface area (Å²) in [6, 6.07) is 8.21. The van der Waals surface area contributed by atoms with E-state index in [0.717, 1.165) is 11.1 Å². The van der Waals surface area contributed by atoms with E-state index in [-0.39, 0.29) is 35.4 Å². The van der Waals surface area contributed by atoms with Gasteiger partial charge in [0.25, 0.3) is 5.56 Å². The molecule has 1 aliphatic carbocycles. The first-order chi connectivity index (χ1) is 16.0. The minimum Gasteiger partial charge on any atom is -0.478 e. The van der Waals surface area contributed by atoms with Crippen LogP contribution in [-0.4, -0.2) is 39.5 Å². The highest BCUT2D eigenvalue weighted by atomic mass is 19.3. The summed E-state index contributed by atoms with van der Waals surface area (Å²) >= 11 is 0. The zero-order valence-corrected chi connectivity index (χ0v) is 19.2. The lowest BCUT2D eigenvalue weighted by Crippen LogP contribution is -2.66. The van der Waals surface area contributed by atoms with Gasteiger partial charge in [-0.2, -0.15) is 0 Å². The molecule has 34 heavy (non-hydrogen) atoms. The molecule has 0 bridgehead atoms. The zero-order chi connectivity index (χ0) is 24.4. The van der Waals surface area contributed by atoms with E-state index in [9.17, 15) is 23.5 Å². The summed E-state index contributed by atoms with van der Waals surface area (Å²) in [6.07, 6.45) is 1.50. The second-order valence-corrected chi connectivity index (χ2v) is 9.81. The van der Waals surface area contributed by atoms with E-state index >= 15 is 0 Å². The number of carboxylic acid groups (broad SMARTS) is 1. The maximum atomic E-state index is 13.4. The van der Waals surface area contributed by atoms with Crippen LogP contribution in [0.15, 0.2) is 41.3 Å². The summed E-state index contributed by atoms with van der Waals surface area (Å²) in [5, 5.41) is 12.8. The third-order valence-electron chi connectivity index (χ3n) is 6.90. The number of carbonyl (C=O) groups is 1. The van der Waals surface area contributed by atoms with Crippen molar-refractivity contribution in [2.75, 3.05) is 23.3 Å². The first-order valence-corrected chi connectivity index (χ1v) is 11.2. The van der Waals surface area contributed by atoms with Gasteiger partial charge in [0.1, 0.15) is 11.5 Å². The number of rotatable bonds is 5. The van der Waals surface area contributed by atoms with Crippen molar-refractivity contribution in [2.24, 2.45) is 5.41 Å². The van der Waals surface area contributed by atoms with Crippen LogP contribution in [0.1, 0.15) is 52.9 Å². The largest absolute Gasteiger partial charge is 0.478 e. The molecular formula is C25H26F2N4O3. The van der Waals surface area contributed by atoms with E-state index < -0.39 is 11.9 Å². The van der Waals surface area contributed by atoms with Crippen molar-refractivity contribution >= 4 is 23.1 Å². The number of nitrogens with one attached hydrogen (secondary N) is 1. The average Bonchev–Trinajstić information content (AvgIpc) is 2.73. The Kier molecular flexibility index (Phi) is 4.93. The summed E-state index contributed by atoms with van der Waals surface area (Å²) < 4.78 is 28.4. The van der Waals surface area contributed by atoms with Crippen molar-refractivity contribution < 1.29 is 18.7 Å². The fraction of sp³-hybridized carbons (Fsp3) is 0.400. The second kappa shape index (κ2) is 7.51. The highest BCUT2D eigenvalue weighted by Crippen LogP contribution is 2.57. The van der Waals surface area contributed by atoms with Crippen LogP contribution in [0, 0.1) is 19.3 Å². The summed E-state index contributed by atoms with van der Waals surface area (Å²) in [5.41, 5.74) is 2.57. The predicted molar refractivity (Wildman–Crippen MR) is 125 cm³/mol. The number of aromatic nitrogens is 2. The van der Waals surface area contributed by atoms with Crippen LogP contribution in [-0.2, 0) is 0 Å². The van der Waals surface area contributed by atoms with Gasteiger partial charge in [-0.3, -0.25) is 9.20 Å². The Bertz CT molecular complexity index is 1370. The van der Waals surface area contributed by atoms with E-state index in [4.69, 9.17) is 4.98 Å². The standard InChI is InChI=1S/C25H26F2N4O3/c1-14-8-18(16(3)28-19-7-5-4-6-17(19)23(33)34)21-29-20(15(2)22(32)31(21)9-14)30-12-24(13-30)10-25(26,27)11-24/h4-9,16,28H,10-13H2,1-3H3,(H,33,34)/t16-/m1/s1. The summed E-state index contributed by atoms with van der Waals surface area (Å²) in [7, 11) is 0. The molecule has 0 radical (unpaired) electrons. The molecule has 2 aliphatic rings. The molecule has 2 fully saturated rings. The van der Waals surface area contributed by atoms with Crippen molar-refractivity contribution in [1.82, 2.24) is 9.38 Å². The lowest BCUT2D eigenvalue weighted by molar-refractivity contribution is -0.170. The topological polar surface area (TPSA) is 86.9 Å². The molecule has 1 saturated carbocycles. The van der Waals surface area contributed by atoms with Crippen LogP contribution in [0.3, 0.4) is 0 Å². The Labute approximate surface area is 195 Å². The predicted octanol–water partition coefficient (Wildman–Crippen LogP) is 4.42. The molecule has 1 spiro atoms. The molecule has 5 rings (SSSR count). The number of carboxylic acids is 1. The first kappa shape index (κ1) is 22.3. The number of pyridine rings is 1. The van der Waals surface area contributed by atoms with Crippen molar-refractivity contribution in [1.29, 1.82) is 0 Å². The third-order valence-corrected chi connectivity index (χ3v) is 6.90. The molecule has 2 aromatic heterocycles. The molecule has 1 atom stereocenters. The Morgan fingerprint density at radius 3 is 2.53 bits per heavy atom. The molecule has 178 valence electrons. The van der Waals surface area contributed by atoms with Gasteiger partial charge in [-0.25, -0.2) is 18.6 Å². The minimum atomic E-state index is -2.59. The highest BCUT2D eigenvalue weighted by Gasteiger charge is 2.62. The molecule has 2 N–H and O–H groups in total. The summed E-state index contributed by atoms with van der Waals surface area (Å²) in [6.45, 7) is 6.41. The second-order valence-electron chi connectivity index (χ2n) is 9.81. The SMILES string of the molecule is Cc1cc([C@@H](C)Nc2ccccc2C(=O)O)c2nc(N3CC4(C3)CC(F)(F)C4)c(C)c(=O)n2c1. The fourth-order valence-electron chi connectivity index (χ4n) is 5.40. The Hall–Kier alpha value is -3.49. The van der Waals surface area contributed by atoms with Gasteiger partial charge < -0.3 is 15.3 Å². The van der Waals surface area contributed by atoms with E-state index in [1.165, 1.54) is 10.5 Å². The van der Waals surface area contributed by atoms with Gasteiger partial charge in [-0.1, -0.05) is 12.1 Å². The van der Waals surface area contributed by atoms with Crippen LogP contribution >= 0.6 is 0 Å². The molecule has 0 amide bonds. The number of hydrogen-bond acceptors (Lipinski definition) is 5. The minimum absolute atomic E-state index is 0.115. The Balaban J connectivity index is 1.53. The maximum absolute atomic E-state index is 13.4. The number of alkyl halides is 2. The van der Waals surface area contributed by atoms with Crippen LogP contribution < -0.4 is 15.8 Å². The van der Waals surface area contributed by atoms with Crippen LogP contribution in [0.25, 0.3) is 5.65 Å². The Morgan fingerprint density at radius 1 is 1.21 bits per heavy atom. The Morgan fingerprint density at radius 2 is 1.88 bits per heavy atom. The lowest BCUT2D eigenvalue weighted by Gasteiger charge is -2.59. The molecule has 9 heteroatoms. The molecule has 1 aliphatic heterocycles. The van der Waals surface area contributed by atoms with E-state index in [2.05, 4.69) is 5.32 Å². The van der Waals surface area contributed by atoms with E-state index in [0.29, 0.717) is 35.8 Å². The molecule has 3 heterocycles. The van der Waals surface area contributed by atoms with Crippen LogP contribution in [0.5, 0.6) is 0 Å². The molecule has 0 unspecified atom stereocenters. The first-order valence-electron chi connectivity index (χ1n) is 11.2. The fourth-order valence-corrected chi connectivity index (χ4v) is 5.40. The van der Waals surface area contributed by atoms with Crippen molar-refractivity contribution in [3.05, 3.63) is 69.1 Å². The van der Waals surface area contributed by atoms with Gasteiger partial charge in [-0.15, -0.1) is 0 Å². The van der Waals surface area contributed by atoms with Gasteiger partial charge in [0.15, 0.2) is 0 Å². The van der Waals surface area contributed by atoms with E-state index in [1.807, 2.05) is 24.8 Å². The summed E-state index contributed by atoms with van der Waals surface area (Å²) in [4.78, 5) is 31.6. The van der Waals surface area contributed by atoms with E-state index in [1.54, 1.807) is 31.3 Å². The smallest absolute Gasteiger partial charge is 0.337 e. The summed E-state index contributed by atoms with van der Waals surface area (Å²) in [5.74, 6) is -3.10. The molecule has 7 nitrogen and oxygen atoms in total. The average molecular weight is 469 g/mol. The normalized spacial score (nSPS) is 18.9. The van der Waals surface area contributed by atoms with Gasteiger partial charge in [0, 0.05) is 48.8 Å². The third kappa shape index (κ3) is 3.59. The monoisotopic (exact) mass is 468 g/mol. The number of para-hydroxylation sites is 1. The van der Waals surface area contributed by atoms with Crippen molar-refractivity contribution in [3.8, 4) is 0 Å². The molecule has 1 saturated heterocycles. The highest BCUT2D eigenvalue weighted by molar-refractivity contribution is 5.94. The number of hydrogen-bond donors (Lipinski definition) is 2. The lowest BCUT2D eigenvalue weighted by atomic mass is 9.61. The number of anilines is 2. The van der Waals surface area contributed by atoms with Gasteiger partial charge in [-0.05, 0) is 44.5 Å². The number of fused-ring (bicyclic) bond motifs is 1. The number of aromatic carboxylic acids is 1. The van der Waals surface area contributed by atoms with Gasteiger partial charge >= 0.3 is 5.97 Å². The van der Waals surface area contributed by atoms with Crippen molar-refractivity contribution in [3.63, 3.8) is 0 Å². The van der Waals surface area contributed by atoms with Gasteiger partial charge in [0.2, 0.25) is 5.92 Å². The van der Waals surface area contributed by atoms with Gasteiger partial charge in [0.05, 0.1) is 17.2 Å². The maximum Gasteiger partial charge on any atom is 0.337 e. The van der Waals surface area contributed by atoms with Crippen LogP contribution in [0.4, 0.5) is 20.3 Å². The van der Waals surface area contributed by atoms with Crippen molar-refractivity contribution in [2.45, 2.75) is 45.6 Å². The van der Waals surface area contributed by atoms with Crippen LogP contribution in [0.2, 0.25) is 0 Å². The number of aryl methyl sites for hydroxylation is 1. The molecular weight excluding hydrogens is 442 g/mol. The zero-order valence-electron chi connectivity index (χ0n) is 19.2. The number of benzene rings is 1. The quantitative estimate of drug-likeness (QED) is 0.577. The number of halogens is 2. The number of nitrogens with zero attached hydrogens (tertiary/aromatic N) is 3. The molecule has 3 aromatic rings.